The van der Waals surface area contributed by atoms with Crippen LogP contribution in [0.25, 0.3) is 0 Å². The van der Waals surface area contributed by atoms with Crippen molar-refractivity contribution in [3.63, 3.8) is 0 Å². The fourth-order valence-corrected chi connectivity index (χ4v) is 3.46. The van der Waals surface area contributed by atoms with Crippen LogP contribution >= 0.6 is 24.0 Å². The molecule has 5 nitrogen and oxygen atoms in total. The quantitative estimate of drug-likeness (QED) is 0.280. The van der Waals surface area contributed by atoms with Gasteiger partial charge in [-0.1, -0.05) is 30.3 Å². The van der Waals surface area contributed by atoms with E-state index >= 15 is 0 Å². The van der Waals surface area contributed by atoms with Crippen molar-refractivity contribution in [2.24, 2.45) is 16.6 Å². The van der Waals surface area contributed by atoms with E-state index in [1.807, 2.05) is 12.1 Å². The van der Waals surface area contributed by atoms with E-state index in [0.29, 0.717) is 31.0 Å². The van der Waals surface area contributed by atoms with Crippen LogP contribution in [0.5, 0.6) is 0 Å². The highest BCUT2D eigenvalue weighted by Crippen LogP contribution is 2.48. The smallest absolute Gasteiger partial charge is 0.222 e. The van der Waals surface area contributed by atoms with Crippen LogP contribution < -0.4 is 16.4 Å². The number of benzene rings is 2. The van der Waals surface area contributed by atoms with E-state index < -0.39 is 11.8 Å². The molecule has 2 aromatic carbocycles. The number of nitrogens with zero attached hydrogens (tertiary/aromatic N) is 1. The number of carbonyl (C=O) groups is 1. The van der Waals surface area contributed by atoms with Crippen molar-refractivity contribution < 1.29 is 13.6 Å². The summed E-state index contributed by atoms with van der Waals surface area (Å²) in [6.45, 7) is 0.839. The zero-order valence-electron chi connectivity index (χ0n) is 16.8. The first-order valence-electron chi connectivity index (χ1n) is 9.67. The summed E-state index contributed by atoms with van der Waals surface area (Å²) in [7, 11) is 1.64. The number of hydrogen-bond donors (Lipinski definition) is 3. The molecule has 1 atom stereocenters. The van der Waals surface area contributed by atoms with Crippen LogP contribution in [0, 0.1) is 17.6 Å². The highest BCUT2D eigenvalue weighted by atomic mass is 127. The van der Waals surface area contributed by atoms with Gasteiger partial charge in [-0.25, -0.2) is 8.78 Å². The molecule has 162 valence electrons. The van der Waals surface area contributed by atoms with Crippen LogP contribution in [0.1, 0.15) is 24.0 Å². The third-order valence-electron chi connectivity index (χ3n) is 5.43. The summed E-state index contributed by atoms with van der Waals surface area (Å²) in [5.41, 5.74) is 6.86. The number of carbonyl (C=O) groups excluding carboxylic acids is 1. The number of nitrogens with one attached hydrogen (secondary N) is 2. The van der Waals surface area contributed by atoms with Crippen LogP contribution in [0.15, 0.2) is 53.5 Å². The first-order chi connectivity index (χ1) is 13.9. The van der Waals surface area contributed by atoms with Gasteiger partial charge in [-0.05, 0) is 48.6 Å². The first-order valence-corrected chi connectivity index (χ1v) is 9.67. The minimum Gasteiger partial charge on any atom is -0.369 e. The van der Waals surface area contributed by atoms with Crippen molar-refractivity contribution >= 4 is 35.8 Å². The summed E-state index contributed by atoms with van der Waals surface area (Å²) >= 11 is 0. The fourth-order valence-electron chi connectivity index (χ4n) is 3.46. The van der Waals surface area contributed by atoms with E-state index in [1.54, 1.807) is 25.2 Å². The van der Waals surface area contributed by atoms with Gasteiger partial charge in [0.2, 0.25) is 5.91 Å². The molecule has 1 aliphatic rings. The minimum absolute atomic E-state index is 0. The van der Waals surface area contributed by atoms with Gasteiger partial charge in [0.25, 0.3) is 0 Å². The third-order valence-corrected chi connectivity index (χ3v) is 5.43. The maximum atomic E-state index is 14.2. The summed E-state index contributed by atoms with van der Waals surface area (Å²) in [5, 5.41) is 6.35. The van der Waals surface area contributed by atoms with Crippen molar-refractivity contribution in [2.75, 3.05) is 20.1 Å². The average Bonchev–Trinajstić information content (AvgIpc) is 3.49. The van der Waals surface area contributed by atoms with Gasteiger partial charge in [-0.15, -0.1) is 24.0 Å². The maximum absolute atomic E-state index is 14.2. The lowest BCUT2D eigenvalue weighted by Crippen LogP contribution is -2.45. The molecule has 4 N–H and O–H groups in total. The SMILES string of the molecule is CN=C(NCC(Cc1ccc(F)cc1)C(N)=O)NCC1(c2ccccc2F)CC1.I. The second-order valence-electron chi connectivity index (χ2n) is 7.50. The molecular formula is C22H27F2IN4O. The number of aliphatic imine (C=N–C) groups is 1. The van der Waals surface area contributed by atoms with E-state index in [2.05, 4.69) is 15.6 Å². The van der Waals surface area contributed by atoms with Gasteiger partial charge in [-0.3, -0.25) is 9.79 Å². The molecule has 0 radical (unpaired) electrons. The van der Waals surface area contributed by atoms with E-state index in [-0.39, 0.29) is 41.0 Å². The van der Waals surface area contributed by atoms with Crippen LogP contribution in [0.2, 0.25) is 0 Å². The van der Waals surface area contributed by atoms with Crippen molar-refractivity contribution in [3.8, 4) is 0 Å². The Balaban J connectivity index is 0.00000320. The van der Waals surface area contributed by atoms with E-state index in [0.717, 1.165) is 18.4 Å². The summed E-state index contributed by atoms with van der Waals surface area (Å²) in [5.74, 6) is -0.903. The molecule has 1 aliphatic carbocycles. The first kappa shape index (κ1) is 24.0. The van der Waals surface area contributed by atoms with Crippen molar-refractivity contribution in [1.29, 1.82) is 0 Å². The number of primary amides is 1. The summed E-state index contributed by atoms with van der Waals surface area (Å²) in [6, 6.07) is 12.8. The standard InChI is InChI=1S/C22H26F2N4O.HI/c1-26-21(28-14-22(10-11-22)18-4-2-3-5-19(18)24)27-13-16(20(25)29)12-15-6-8-17(23)9-7-15;/h2-9,16H,10-14H2,1H3,(H2,25,29)(H2,26,27,28);1H. The number of rotatable bonds is 8. The van der Waals surface area contributed by atoms with Gasteiger partial charge < -0.3 is 16.4 Å². The minimum atomic E-state index is -0.472. The molecule has 0 heterocycles. The Kier molecular flexibility index (Phi) is 8.57. The Morgan fingerprint density at radius 2 is 1.80 bits per heavy atom. The Bertz CT molecular complexity index is 885. The number of hydrogen-bond acceptors (Lipinski definition) is 2. The van der Waals surface area contributed by atoms with Gasteiger partial charge in [0.1, 0.15) is 11.6 Å². The molecule has 1 unspecified atom stereocenters. The summed E-state index contributed by atoms with van der Waals surface area (Å²) < 4.78 is 27.2. The summed E-state index contributed by atoms with van der Waals surface area (Å²) in [4.78, 5) is 16.0. The number of amides is 1. The third kappa shape index (κ3) is 6.13. The lowest BCUT2D eigenvalue weighted by Gasteiger charge is -2.21. The Morgan fingerprint density at radius 1 is 1.13 bits per heavy atom. The molecule has 0 aliphatic heterocycles. The zero-order chi connectivity index (χ0) is 20.9. The monoisotopic (exact) mass is 528 g/mol. The molecule has 8 heteroatoms. The van der Waals surface area contributed by atoms with Crippen LogP contribution in [0.3, 0.4) is 0 Å². The average molecular weight is 528 g/mol. The van der Waals surface area contributed by atoms with Gasteiger partial charge >= 0.3 is 0 Å². The highest BCUT2D eigenvalue weighted by molar-refractivity contribution is 14.0. The lowest BCUT2D eigenvalue weighted by molar-refractivity contribution is -0.121. The highest BCUT2D eigenvalue weighted by Gasteiger charge is 2.45. The van der Waals surface area contributed by atoms with E-state index in [9.17, 15) is 13.6 Å². The largest absolute Gasteiger partial charge is 0.369 e. The zero-order valence-corrected chi connectivity index (χ0v) is 19.2. The van der Waals surface area contributed by atoms with Gasteiger partial charge in [0.15, 0.2) is 5.96 Å². The normalized spacial score (nSPS) is 15.6. The molecule has 0 aromatic heterocycles. The molecular weight excluding hydrogens is 501 g/mol. The second-order valence-corrected chi connectivity index (χ2v) is 7.50. The molecule has 1 fully saturated rings. The maximum Gasteiger partial charge on any atom is 0.222 e. The van der Waals surface area contributed by atoms with Crippen LogP contribution in [0.4, 0.5) is 8.78 Å². The van der Waals surface area contributed by atoms with Gasteiger partial charge in [-0.2, -0.15) is 0 Å². The van der Waals surface area contributed by atoms with Crippen molar-refractivity contribution in [2.45, 2.75) is 24.7 Å². The number of halogens is 3. The van der Waals surface area contributed by atoms with Crippen molar-refractivity contribution in [1.82, 2.24) is 10.6 Å². The Hall–Kier alpha value is -2.23. The van der Waals surface area contributed by atoms with Crippen molar-refractivity contribution in [3.05, 3.63) is 71.3 Å². The molecule has 1 amide bonds. The molecule has 2 aromatic rings. The van der Waals surface area contributed by atoms with E-state index in [1.165, 1.54) is 18.2 Å². The number of nitrogens with two attached hydrogens (primary N) is 1. The fraction of sp³-hybridized carbons (Fsp3) is 0.364. The van der Waals surface area contributed by atoms with Crippen LogP contribution in [-0.4, -0.2) is 32.0 Å². The molecule has 0 saturated heterocycles. The predicted molar refractivity (Wildman–Crippen MR) is 125 cm³/mol. The summed E-state index contributed by atoms with van der Waals surface area (Å²) in [6.07, 6.45) is 2.22. The predicted octanol–water partition coefficient (Wildman–Crippen LogP) is 3.12. The molecule has 0 bridgehead atoms. The Labute approximate surface area is 192 Å². The number of guanidine groups is 1. The van der Waals surface area contributed by atoms with Crippen LogP contribution in [-0.2, 0) is 16.6 Å². The molecule has 0 spiro atoms. The van der Waals surface area contributed by atoms with Gasteiger partial charge in [0.05, 0.1) is 5.92 Å². The molecule has 3 rings (SSSR count). The topological polar surface area (TPSA) is 79.5 Å². The molecule has 30 heavy (non-hydrogen) atoms. The van der Waals surface area contributed by atoms with Gasteiger partial charge in [0, 0.05) is 25.6 Å². The Morgan fingerprint density at radius 3 is 2.37 bits per heavy atom. The lowest BCUT2D eigenvalue weighted by atomic mass is 9.95. The van der Waals surface area contributed by atoms with E-state index in [4.69, 9.17) is 5.73 Å². The molecule has 1 saturated carbocycles. The second kappa shape index (κ2) is 10.7.